The van der Waals surface area contributed by atoms with Crippen molar-refractivity contribution in [2.45, 2.75) is 45.9 Å². The van der Waals surface area contributed by atoms with Crippen LogP contribution in [-0.4, -0.2) is 31.2 Å². The number of nitrogens with zero attached hydrogens (tertiary/aromatic N) is 4. The maximum Gasteiger partial charge on any atom is 0.407 e. The molecule has 0 aliphatic heterocycles. The minimum absolute atomic E-state index is 0.120. The third-order valence-electron chi connectivity index (χ3n) is 7.12. The molecule has 3 aromatic carbocycles. The molecule has 1 amide bonds. The molecule has 6 rings (SSSR count). The maximum atomic E-state index is 14.5. The molecule has 6 aromatic rings. The van der Waals surface area contributed by atoms with E-state index in [1.54, 1.807) is 10.1 Å². The number of nitrogens with one attached hydrogen (secondary N) is 2. The van der Waals surface area contributed by atoms with E-state index in [0.717, 1.165) is 38.3 Å². The van der Waals surface area contributed by atoms with E-state index in [1.807, 2.05) is 100 Å². The number of carbonyl (C=O) groups excluding carboxylic acids is 1. The second-order valence-corrected chi connectivity index (χ2v) is 12.3. The van der Waals surface area contributed by atoms with Crippen LogP contribution >= 0.6 is 11.3 Å². The highest BCUT2D eigenvalue weighted by Gasteiger charge is 2.20. The zero-order valence-corrected chi connectivity index (χ0v) is 25.7. The number of anilines is 1. The van der Waals surface area contributed by atoms with Crippen LogP contribution in [0.5, 0.6) is 0 Å². The first-order valence-corrected chi connectivity index (χ1v) is 15.2. The van der Waals surface area contributed by atoms with E-state index < -0.39 is 11.7 Å². The summed E-state index contributed by atoms with van der Waals surface area (Å²) in [5, 5.41) is 7.71. The summed E-state index contributed by atoms with van der Waals surface area (Å²) in [6, 6.07) is 25.2. The molecule has 222 valence electrons. The van der Waals surface area contributed by atoms with Crippen LogP contribution < -0.4 is 16.2 Å². The molecule has 2 N–H and O–H groups in total. The molecule has 1 unspecified atom stereocenters. The highest BCUT2D eigenvalue weighted by Crippen LogP contribution is 2.31. The van der Waals surface area contributed by atoms with Gasteiger partial charge in [-0.1, -0.05) is 60.7 Å². The number of rotatable bonds is 7. The Hall–Kier alpha value is -5.09. The van der Waals surface area contributed by atoms with Crippen LogP contribution in [0.15, 0.2) is 95.5 Å². The fourth-order valence-corrected chi connectivity index (χ4v) is 5.78. The maximum absolute atomic E-state index is 14.5. The highest BCUT2D eigenvalue weighted by atomic mass is 32.1. The molecule has 1 atom stereocenters. The van der Waals surface area contributed by atoms with E-state index >= 15 is 0 Å². The van der Waals surface area contributed by atoms with Crippen LogP contribution in [0.25, 0.3) is 37.9 Å². The number of pyridine rings is 1. The van der Waals surface area contributed by atoms with Crippen molar-refractivity contribution in [1.82, 2.24) is 24.8 Å². The summed E-state index contributed by atoms with van der Waals surface area (Å²) in [6.45, 7) is 7.83. The molecule has 3 heterocycles. The number of amides is 1. The predicted molar refractivity (Wildman–Crippen MR) is 175 cm³/mol. The summed E-state index contributed by atoms with van der Waals surface area (Å²) in [6.07, 6.45) is 1.05. The summed E-state index contributed by atoms with van der Waals surface area (Å²) >= 11 is 1.45. The quantitative estimate of drug-likeness (QED) is 0.197. The van der Waals surface area contributed by atoms with Gasteiger partial charge in [-0.2, -0.15) is 0 Å². The first-order chi connectivity index (χ1) is 21.2. The average molecular weight is 605 g/mol. The monoisotopic (exact) mass is 604 g/mol. The van der Waals surface area contributed by atoms with Crippen molar-refractivity contribution >= 4 is 44.4 Å². The number of fused-ring (bicyclic) bond motifs is 2. The van der Waals surface area contributed by atoms with Gasteiger partial charge in [0.15, 0.2) is 5.82 Å². The minimum Gasteiger partial charge on any atom is -0.444 e. The van der Waals surface area contributed by atoms with Gasteiger partial charge in [-0.25, -0.2) is 19.7 Å². The number of para-hydroxylation sites is 1. The van der Waals surface area contributed by atoms with Crippen molar-refractivity contribution in [2.75, 3.05) is 5.32 Å². The van der Waals surface area contributed by atoms with Gasteiger partial charge in [0.1, 0.15) is 22.3 Å². The Kier molecular flexibility index (Phi) is 7.84. The summed E-state index contributed by atoms with van der Waals surface area (Å²) < 4.78 is 7.10. The van der Waals surface area contributed by atoms with E-state index in [0.29, 0.717) is 23.3 Å². The van der Waals surface area contributed by atoms with Crippen LogP contribution in [0.4, 0.5) is 10.6 Å². The molecular formula is C34H32N6O3S. The van der Waals surface area contributed by atoms with Gasteiger partial charge in [-0.05, 0) is 68.0 Å². The molecule has 0 spiro atoms. The average Bonchev–Trinajstić information content (AvgIpc) is 3.50. The lowest BCUT2D eigenvalue weighted by Gasteiger charge is -2.22. The molecule has 9 nitrogen and oxygen atoms in total. The van der Waals surface area contributed by atoms with Crippen LogP contribution in [0.1, 0.15) is 45.0 Å². The Morgan fingerprint density at radius 1 is 0.977 bits per heavy atom. The molecule has 0 saturated heterocycles. The van der Waals surface area contributed by atoms with E-state index in [1.165, 1.54) is 17.7 Å². The van der Waals surface area contributed by atoms with E-state index in [4.69, 9.17) is 4.74 Å². The van der Waals surface area contributed by atoms with Gasteiger partial charge >= 0.3 is 6.09 Å². The number of ether oxygens (including phenoxy) is 1. The first kappa shape index (κ1) is 29.0. The van der Waals surface area contributed by atoms with Crippen molar-refractivity contribution in [1.29, 1.82) is 0 Å². The molecule has 0 saturated carbocycles. The second-order valence-electron chi connectivity index (χ2n) is 11.5. The molecule has 10 heteroatoms. The van der Waals surface area contributed by atoms with Crippen LogP contribution in [0, 0.1) is 0 Å². The third-order valence-corrected chi connectivity index (χ3v) is 7.85. The standard InChI is InChI=1S/C34H32N6O3S/c1-21(39-30-29-31(37-19-36-30)44-20-38-29)27-17-24-9-8-12-26(28(24)32(41)40(27)25-10-6-5-7-11-25)23-15-13-22(14-16-23)18-35-33(42)43-34(2,3)4/h5-17,19-21H,18H2,1-4H3,(H,35,42)(H,36,37,39). The Morgan fingerprint density at radius 3 is 2.50 bits per heavy atom. The number of aromatic nitrogens is 4. The largest absolute Gasteiger partial charge is 0.444 e. The smallest absolute Gasteiger partial charge is 0.407 e. The van der Waals surface area contributed by atoms with Gasteiger partial charge in [0.2, 0.25) is 0 Å². The van der Waals surface area contributed by atoms with Gasteiger partial charge in [0, 0.05) is 17.9 Å². The lowest BCUT2D eigenvalue weighted by atomic mass is 9.97. The zero-order valence-electron chi connectivity index (χ0n) is 24.9. The molecule has 0 aliphatic rings. The van der Waals surface area contributed by atoms with E-state index in [2.05, 4.69) is 31.7 Å². The van der Waals surface area contributed by atoms with Crippen molar-refractivity contribution < 1.29 is 9.53 Å². The number of benzene rings is 3. The van der Waals surface area contributed by atoms with Crippen molar-refractivity contribution in [3.05, 3.63) is 112 Å². The molecule has 0 fully saturated rings. The van der Waals surface area contributed by atoms with Gasteiger partial charge in [-0.3, -0.25) is 9.36 Å². The fourth-order valence-electron chi connectivity index (χ4n) is 5.15. The predicted octanol–water partition coefficient (Wildman–Crippen LogP) is 7.26. The number of alkyl carbamates (subject to hydrolysis) is 1. The van der Waals surface area contributed by atoms with Gasteiger partial charge in [-0.15, -0.1) is 11.3 Å². The van der Waals surface area contributed by atoms with E-state index in [-0.39, 0.29) is 11.6 Å². The van der Waals surface area contributed by atoms with Gasteiger partial charge in [0.05, 0.1) is 16.9 Å². The number of hydrogen-bond acceptors (Lipinski definition) is 8. The van der Waals surface area contributed by atoms with Crippen LogP contribution in [-0.2, 0) is 11.3 Å². The Balaban J connectivity index is 1.39. The van der Waals surface area contributed by atoms with Crippen LogP contribution in [0.3, 0.4) is 0 Å². The summed E-state index contributed by atoms with van der Waals surface area (Å²) in [7, 11) is 0. The lowest BCUT2D eigenvalue weighted by molar-refractivity contribution is 0.0523. The zero-order chi connectivity index (χ0) is 30.8. The van der Waals surface area contributed by atoms with Gasteiger partial charge < -0.3 is 15.4 Å². The van der Waals surface area contributed by atoms with Crippen molar-refractivity contribution in [3.8, 4) is 16.8 Å². The highest BCUT2D eigenvalue weighted by molar-refractivity contribution is 7.16. The topological polar surface area (TPSA) is 111 Å². The van der Waals surface area contributed by atoms with Crippen molar-refractivity contribution in [3.63, 3.8) is 0 Å². The van der Waals surface area contributed by atoms with E-state index in [9.17, 15) is 9.59 Å². The number of thiazole rings is 1. The normalized spacial score (nSPS) is 12.3. The SMILES string of the molecule is CC(Nc1ncnc2scnc12)c1cc2cccc(-c3ccc(CNC(=O)OC(C)(C)C)cc3)c2c(=O)n1-c1ccccc1. The Labute approximate surface area is 258 Å². The van der Waals surface area contributed by atoms with Gasteiger partial charge in [0.25, 0.3) is 5.56 Å². The summed E-state index contributed by atoms with van der Waals surface area (Å²) in [4.78, 5) is 40.5. The number of hydrogen-bond donors (Lipinski definition) is 2. The molecule has 0 aliphatic carbocycles. The summed E-state index contributed by atoms with van der Waals surface area (Å²) in [5.41, 5.74) is 5.97. The Morgan fingerprint density at radius 2 is 1.75 bits per heavy atom. The first-order valence-electron chi connectivity index (χ1n) is 14.3. The molecule has 0 radical (unpaired) electrons. The number of carbonyl (C=O) groups is 1. The summed E-state index contributed by atoms with van der Waals surface area (Å²) in [5.74, 6) is 0.617. The third kappa shape index (κ3) is 6.02. The molecule has 3 aromatic heterocycles. The van der Waals surface area contributed by atoms with Crippen molar-refractivity contribution in [2.24, 2.45) is 0 Å². The molecular weight excluding hydrogens is 572 g/mol. The minimum atomic E-state index is -0.563. The fraction of sp³-hybridized carbons (Fsp3) is 0.206. The molecule has 44 heavy (non-hydrogen) atoms. The Bertz CT molecular complexity index is 2010. The molecule has 0 bridgehead atoms. The second kappa shape index (κ2) is 11.9. The lowest BCUT2D eigenvalue weighted by Crippen LogP contribution is -2.32. The van der Waals surface area contributed by atoms with Crippen LogP contribution in [0.2, 0.25) is 0 Å².